The zero-order chi connectivity index (χ0) is 15.0. The molecule has 1 aliphatic heterocycles. The fourth-order valence-electron chi connectivity index (χ4n) is 3.28. The molecule has 0 spiro atoms. The molecule has 0 aromatic carbocycles. The molecular weight excluding hydrogens is 280 g/mol. The zero-order valence-corrected chi connectivity index (χ0v) is 14.6. The summed E-state index contributed by atoms with van der Waals surface area (Å²) in [7, 11) is 0. The number of hydrogen-bond acceptors (Lipinski definition) is 4. The highest BCUT2D eigenvalue weighted by Crippen LogP contribution is 2.41. The predicted molar refractivity (Wildman–Crippen MR) is 87.9 cm³/mol. The molecule has 1 N–H and O–H groups in total. The van der Waals surface area contributed by atoms with Gasteiger partial charge < -0.3 is 10.1 Å². The van der Waals surface area contributed by atoms with Gasteiger partial charge in [-0.05, 0) is 44.9 Å². The Morgan fingerprint density at radius 2 is 2.19 bits per heavy atom. The van der Waals surface area contributed by atoms with E-state index in [1.165, 1.54) is 28.4 Å². The van der Waals surface area contributed by atoms with Gasteiger partial charge in [-0.25, -0.2) is 4.98 Å². The van der Waals surface area contributed by atoms with Gasteiger partial charge in [0.05, 0.1) is 17.3 Å². The second kappa shape index (κ2) is 5.98. The van der Waals surface area contributed by atoms with Crippen molar-refractivity contribution < 1.29 is 4.74 Å². The molecule has 118 valence electrons. The number of ether oxygens (including phenoxy) is 1. The van der Waals surface area contributed by atoms with E-state index in [4.69, 9.17) is 9.72 Å². The Labute approximate surface area is 132 Å². The van der Waals surface area contributed by atoms with E-state index in [1.54, 1.807) is 0 Å². The lowest BCUT2D eigenvalue weighted by atomic mass is 9.83. The monoisotopic (exact) mass is 308 g/mol. The van der Waals surface area contributed by atoms with Gasteiger partial charge in [-0.15, -0.1) is 11.3 Å². The summed E-state index contributed by atoms with van der Waals surface area (Å²) >= 11 is 1.90. The van der Waals surface area contributed by atoms with E-state index in [2.05, 4.69) is 33.0 Å². The van der Waals surface area contributed by atoms with Crippen LogP contribution in [0.3, 0.4) is 0 Å². The molecule has 3 rings (SSSR count). The number of thiazole rings is 1. The summed E-state index contributed by atoms with van der Waals surface area (Å²) in [6, 6.07) is 0.699. The maximum atomic E-state index is 6.02. The topological polar surface area (TPSA) is 34.2 Å². The van der Waals surface area contributed by atoms with Crippen molar-refractivity contribution >= 4 is 11.3 Å². The average Bonchev–Trinajstić information content (AvgIpc) is 3.18. The Morgan fingerprint density at radius 1 is 1.43 bits per heavy atom. The maximum Gasteiger partial charge on any atom is 0.113 e. The summed E-state index contributed by atoms with van der Waals surface area (Å²) < 4.78 is 6.02. The summed E-state index contributed by atoms with van der Waals surface area (Å²) in [6.07, 6.45) is 6.14. The standard InChI is InChI=1S/C17H28N2OS/c1-5-14-12(4)21-16(18-14)17(19-13-6-7-13)8-9-20-15(10-17)11(2)3/h11,13,15,19H,5-10H2,1-4H3. The average molecular weight is 308 g/mol. The lowest BCUT2D eigenvalue weighted by molar-refractivity contribution is -0.0540. The van der Waals surface area contributed by atoms with Crippen molar-refractivity contribution in [3.63, 3.8) is 0 Å². The van der Waals surface area contributed by atoms with Gasteiger partial charge in [0.25, 0.3) is 0 Å². The molecule has 1 aliphatic carbocycles. The van der Waals surface area contributed by atoms with Crippen molar-refractivity contribution in [2.24, 2.45) is 5.92 Å². The second-order valence-corrected chi connectivity index (χ2v) is 8.19. The van der Waals surface area contributed by atoms with Crippen molar-refractivity contribution in [1.82, 2.24) is 10.3 Å². The highest BCUT2D eigenvalue weighted by atomic mass is 32.1. The van der Waals surface area contributed by atoms with E-state index < -0.39 is 0 Å². The molecule has 2 aliphatic rings. The summed E-state index contributed by atoms with van der Waals surface area (Å²) in [6.45, 7) is 9.80. The molecule has 21 heavy (non-hydrogen) atoms. The first-order valence-electron chi connectivity index (χ1n) is 8.40. The molecule has 0 amide bonds. The molecule has 2 heterocycles. The van der Waals surface area contributed by atoms with Crippen molar-refractivity contribution in [1.29, 1.82) is 0 Å². The molecule has 0 bridgehead atoms. The summed E-state index contributed by atoms with van der Waals surface area (Å²) in [5.74, 6) is 0.567. The number of aromatic nitrogens is 1. The van der Waals surface area contributed by atoms with Crippen LogP contribution in [-0.4, -0.2) is 23.7 Å². The molecule has 2 atom stereocenters. The minimum atomic E-state index is 0.0528. The van der Waals surface area contributed by atoms with E-state index in [1.807, 2.05) is 11.3 Å². The molecule has 1 aromatic rings. The first-order chi connectivity index (χ1) is 10.0. The van der Waals surface area contributed by atoms with E-state index in [9.17, 15) is 0 Å². The smallest absolute Gasteiger partial charge is 0.113 e. The van der Waals surface area contributed by atoms with Crippen LogP contribution in [-0.2, 0) is 16.7 Å². The normalized spacial score (nSPS) is 30.0. The molecule has 0 radical (unpaired) electrons. The van der Waals surface area contributed by atoms with Crippen LogP contribution in [0.2, 0.25) is 0 Å². The quantitative estimate of drug-likeness (QED) is 0.898. The second-order valence-electron chi connectivity index (χ2n) is 6.98. The van der Waals surface area contributed by atoms with Crippen LogP contribution in [0.5, 0.6) is 0 Å². The van der Waals surface area contributed by atoms with E-state index >= 15 is 0 Å². The third kappa shape index (κ3) is 3.17. The summed E-state index contributed by atoms with van der Waals surface area (Å²) in [5.41, 5.74) is 1.33. The van der Waals surface area contributed by atoms with Crippen LogP contribution in [0.4, 0.5) is 0 Å². The lowest BCUT2D eigenvalue weighted by Gasteiger charge is -2.42. The minimum Gasteiger partial charge on any atom is -0.378 e. The first kappa shape index (κ1) is 15.4. The first-order valence-corrected chi connectivity index (χ1v) is 9.22. The molecule has 4 heteroatoms. The van der Waals surface area contributed by atoms with Crippen LogP contribution < -0.4 is 5.32 Å². The van der Waals surface area contributed by atoms with Crippen LogP contribution in [0.15, 0.2) is 0 Å². The molecule has 1 saturated carbocycles. The highest BCUT2D eigenvalue weighted by Gasteiger charge is 2.44. The SMILES string of the molecule is CCc1nc(C2(NC3CC3)CCOC(C(C)C)C2)sc1C. The molecular formula is C17H28N2OS. The Bertz CT molecular complexity index is 495. The third-order valence-electron chi connectivity index (χ3n) is 4.85. The number of nitrogens with one attached hydrogen (secondary N) is 1. The summed E-state index contributed by atoms with van der Waals surface area (Å²) in [5, 5.41) is 5.24. The van der Waals surface area contributed by atoms with Gasteiger partial charge >= 0.3 is 0 Å². The molecule has 2 fully saturated rings. The Hall–Kier alpha value is -0.450. The fraction of sp³-hybridized carbons (Fsp3) is 0.824. The van der Waals surface area contributed by atoms with E-state index in [-0.39, 0.29) is 5.54 Å². The largest absolute Gasteiger partial charge is 0.378 e. The van der Waals surface area contributed by atoms with Crippen LogP contribution >= 0.6 is 11.3 Å². The highest BCUT2D eigenvalue weighted by molar-refractivity contribution is 7.11. The Kier molecular flexibility index (Phi) is 4.40. The number of aryl methyl sites for hydroxylation is 2. The molecule has 1 aromatic heterocycles. The van der Waals surface area contributed by atoms with Gasteiger partial charge in [-0.3, -0.25) is 0 Å². The van der Waals surface area contributed by atoms with Gasteiger partial charge in [-0.1, -0.05) is 20.8 Å². The Balaban J connectivity index is 1.91. The van der Waals surface area contributed by atoms with Crippen LogP contribution in [0.25, 0.3) is 0 Å². The van der Waals surface area contributed by atoms with Crippen LogP contribution in [0, 0.1) is 12.8 Å². The van der Waals surface area contributed by atoms with Gasteiger partial charge in [0, 0.05) is 17.5 Å². The van der Waals surface area contributed by atoms with Gasteiger partial charge in [-0.2, -0.15) is 0 Å². The van der Waals surface area contributed by atoms with E-state index in [0.717, 1.165) is 25.9 Å². The number of rotatable bonds is 5. The Morgan fingerprint density at radius 3 is 2.76 bits per heavy atom. The van der Waals surface area contributed by atoms with Gasteiger partial charge in [0.2, 0.25) is 0 Å². The number of hydrogen-bond donors (Lipinski definition) is 1. The number of nitrogens with zero attached hydrogens (tertiary/aromatic N) is 1. The zero-order valence-electron chi connectivity index (χ0n) is 13.7. The van der Waals surface area contributed by atoms with Crippen molar-refractivity contribution in [3.05, 3.63) is 15.6 Å². The fourth-order valence-corrected chi connectivity index (χ4v) is 4.48. The molecule has 1 saturated heterocycles. The lowest BCUT2D eigenvalue weighted by Crippen LogP contribution is -2.51. The maximum absolute atomic E-state index is 6.02. The predicted octanol–water partition coefficient (Wildman–Crippen LogP) is 3.80. The minimum absolute atomic E-state index is 0.0528. The molecule has 3 nitrogen and oxygen atoms in total. The van der Waals surface area contributed by atoms with Crippen molar-refractivity contribution in [2.45, 2.75) is 77.5 Å². The van der Waals surface area contributed by atoms with Crippen molar-refractivity contribution in [2.75, 3.05) is 6.61 Å². The molecule has 2 unspecified atom stereocenters. The van der Waals surface area contributed by atoms with E-state index in [0.29, 0.717) is 18.1 Å². The van der Waals surface area contributed by atoms with Gasteiger partial charge in [0.15, 0.2) is 0 Å². The third-order valence-corrected chi connectivity index (χ3v) is 6.07. The van der Waals surface area contributed by atoms with Gasteiger partial charge in [0.1, 0.15) is 5.01 Å². The summed E-state index contributed by atoms with van der Waals surface area (Å²) in [4.78, 5) is 6.39. The van der Waals surface area contributed by atoms with Crippen molar-refractivity contribution in [3.8, 4) is 0 Å². The van der Waals surface area contributed by atoms with Crippen LogP contribution in [0.1, 0.15) is 62.0 Å².